The van der Waals surface area contributed by atoms with Gasteiger partial charge < -0.3 is 9.47 Å². The Morgan fingerprint density at radius 3 is 2.07 bits per heavy atom. The van der Waals surface area contributed by atoms with Crippen molar-refractivity contribution < 1.29 is 19.1 Å². The van der Waals surface area contributed by atoms with Crippen molar-refractivity contribution in [2.45, 2.75) is 64.7 Å². The zero-order chi connectivity index (χ0) is 19.6. The number of esters is 2. The maximum absolute atomic E-state index is 12.6. The lowest BCUT2D eigenvalue weighted by Gasteiger charge is -2.56. The summed E-state index contributed by atoms with van der Waals surface area (Å²) in [7, 11) is 0. The average molecular weight is 385 g/mol. The molecule has 0 atom stereocenters. The summed E-state index contributed by atoms with van der Waals surface area (Å²) in [5.41, 5.74) is 1.06. The normalized spacial score (nSPS) is 30.2. The zero-order valence-corrected chi connectivity index (χ0v) is 17.0. The molecular weight excluding hydrogens is 352 g/mol. The van der Waals surface area contributed by atoms with Crippen LogP contribution in [0.1, 0.15) is 85.4 Å². The SMILES string of the molecule is CCCCCOC(=O)c1cccc(C(=O)OCC23CC4CC(CC(C4)C2)C3)c1. The summed E-state index contributed by atoms with van der Waals surface area (Å²) in [5, 5.41) is 0. The average Bonchev–Trinajstić information content (AvgIpc) is 2.68. The van der Waals surface area contributed by atoms with E-state index in [4.69, 9.17) is 9.47 Å². The maximum atomic E-state index is 12.6. The Balaban J connectivity index is 1.33. The van der Waals surface area contributed by atoms with Crippen LogP contribution in [0.2, 0.25) is 0 Å². The first kappa shape index (κ1) is 19.5. The second kappa shape index (κ2) is 8.26. The third kappa shape index (κ3) is 4.26. The number of carbonyl (C=O) groups excluding carboxylic acids is 2. The minimum Gasteiger partial charge on any atom is -0.462 e. The molecule has 0 aromatic heterocycles. The molecule has 4 aliphatic rings. The molecule has 5 rings (SSSR count). The van der Waals surface area contributed by atoms with Crippen LogP contribution in [0.15, 0.2) is 24.3 Å². The van der Waals surface area contributed by atoms with Crippen LogP contribution in [0.3, 0.4) is 0 Å². The van der Waals surface area contributed by atoms with Gasteiger partial charge in [-0.2, -0.15) is 0 Å². The molecule has 4 bridgehead atoms. The van der Waals surface area contributed by atoms with Crippen molar-refractivity contribution in [1.29, 1.82) is 0 Å². The number of hydrogen-bond acceptors (Lipinski definition) is 4. The van der Waals surface area contributed by atoms with Crippen molar-refractivity contribution in [1.82, 2.24) is 0 Å². The summed E-state index contributed by atoms with van der Waals surface area (Å²) in [4.78, 5) is 24.8. The fourth-order valence-electron chi connectivity index (χ4n) is 6.14. The summed E-state index contributed by atoms with van der Waals surface area (Å²) in [6, 6.07) is 6.74. The number of carbonyl (C=O) groups is 2. The Morgan fingerprint density at radius 1 is 0.929 bits per heavy atom. The van der Waals surface area contributed by atoms with Crippen molar-refractivity contribution in [2.75, 3.05) is 13.2 Å². The van der Waals surface area contributed by atoms with Gasteiger partial charge in [0.25, 0.3) is 0 Å². The number of benzene rings is 1. The van der Waals surface area contributed by atoms with E-state index in [9.17, 15) is 9.59 Å². The minimum atomic E-state index is -0.369. The molecule has 4 saturated carbocycles. The van der Waals surface area contributed by atoms with Gasteiger partial charge in [0.2, 0.25) is 0 Å². The Kier molecular flexibility index (Phi) is 5.75. The van der Waals surface area contributed by atoms with Crippen LogP contribution in [-0.4, -0.2) is 25.2 Å². The van der Waals surface area contributed by atoms with E-state index in [1.165, 1.54) is 38.5 Å². The van der Waals surface area contributed by atoms with E-state index in [0.717, 1.165) is 37.0 Å². The highest BCUT2D eigenvalue weighted by molar-refractivity contribution is 5.95. The van der Waals surface area contributed by atoms with E-state index in [1.54, 1.807) is 24.3 Å². The van der Waals surface area contributed by atoms with E-state index in [-0.39, 0.29) is 17.4 Å². The molecule has 4 heteroatoms. The van der Waals surface area contributed by atoms with Crippen molar-refractivity contribution in [3.8, 4) is 0 Å². The van der Waals surface area contributed by atoms with Gasteiger partial charge in [-0.3, -0.25) is 0 Å². The largest absolute Gasteiger partial charge is 0.462 e. The van der Waals surface area contributed by atoms with Gasteiger partial charge in [-0.15, -0.1) is 0 Å². The topological polar surface area (TPSA) is 52.6 Å². The molecule has 4 nitrogen and oxygen atoms in total. The van der Waals surface area contributed by atoms with Gasteiger partial charge in [0.05, 0.1) is 24.3 Å². The fraction of sp³-hybridized carbons (Fsp3) is 0.667. The third-order valence-electron chi connectivity index (χ3n) is 6.99. The van der Waals surface area contributed by atoms with Gasteiger partial charge in [-0.25, -0.2) is 9.59 Å². The van der Waals surface area contributed by atoms with E-state index >= 15 is 0 Å². The lowest BCUT2D eigenvalue weighted by atomic mass is 9.50. The zero-order valence-electron chi connectivity index (χ0n) is 17.0. The second-order valence-electron chi connectivity index (χ2n) is 9.42. The molecule has 0 spiro atoms. The van der Waals surface area contributed by atoms with E-state index < -0.39 is 0 Å². The number of ether oxygens (including phenoxy) is 2. The molecule has 1 aromatic rings. The lowest BCUT2D eigenvalue weighted by molar-refractivity contribution is -0.0848. The van der Waals surface area contributed by atoms with E-state index in [1.807, 2.05) is 0 Å². The summed E-state index contributed by atoms with van der Waals surface area (Å²) in [6.45, 7) is 3.06. The Bertz CT molecular complexity index is 688. The third-order valence-corrected chi connectivity index (χ3v) is 6.99. The van der Waals surface area contributed by atoms with Crippen LogP contribution >= 0.6 is 0 Å². The number of rotatable bonds is 8. The van der Waals surface area contributed by atoms with Crippen molar-refractivity contribution in [3.05, 3.63) is 35.4 Å². The van der Waals surface area contributed by atoms with Gasteiger partial charge in [0, 0.05) is 5.41 Å². The molecule has 4 aliphatic carbocycles. The van der Waals surface area contributed by atoms with Crippen LogP contribution in [0.5, 0.6) is 0 Å². The fourth-order valence-corrected chi connectivity index (χ4v) is 6.14. The van der Waals surface area contributed by atoms with Crippen LogP contribution in [0.4, 0.5) is 0 Å². The quantitative estimate of drug-likeness (QED) is 0.444. The molecule has 0 aliphatic heterocycles. The Hall–Kier alpha value is -1.84. The van der Waals surface area contributed by atoms with Crippen LogP contribution in [-0.2, 0) is 9.47 Å². The molecule has 0 unspecified atom stereocenters. The summed E-state index contributed by atoms with van der Waals surface area (Å²) < 4.78 is 11.1. The van der Waals surface area contributed by atoms with Crippen LogP contribution in [0, 0.1) is 23.2 Å². The molecule has 0 heterocycles. The molecule has 28 heavy (non-hydrogen) atoms. The summed E-state index contributed by atoms with van der Waals surface area (Å²) in [5.74, 6) is 1.84. The molecular formula is C24H32O4. The van der Waals surface area contributed by atoms with E-state index in [2.05, 4.69) is 6.92 Å². The highest BCUT2D eigenvalue weighted by atomic mass is 16.5. The maximum Gasteiger partial charge on any atom is 0.338 e. The molecule has 0 N–H and O–H groups in total. The smallest absolute Gasteiger partial charge is 0.338 e. The first-order valence-corrected chi connectivity index (χ1v) is 11.0. The standard InChI is InChI=1S/C24H32O4/c1-2-3-4-8-27-22(25)20-6-5-7-21(12-20)23(26)28-16-24-13-17-9-18(14-24)11-19(10-17)15-24/h5-7,12,17-19H,2-4,8-11,13-16H2,1H3. The van der Waals surface area contributed by atoms with Crippen molar-refractivity contribution in [2.24, 2.45) is 23.2 Å². The molecule has 0 radical (unpaired) electrons. The Labute approximate surface area is 168 Å². The van der Waals surface area contributed by atoms with Gasteiger partial charge >= 0.3 is 11.9 Å². The van der Waals surface area contributed by atoms with Crippen molar-refractivity contribution in [3.63, 3.8) is 0 Å². The van der Waals surface area contributed by atoms with Crippen LogP contribution < -0.4 is 0 Å². The molecule has 4 fully saturated rings. The Morgan fingerprint density at radius 2 is 1.50 bits per heavy atom. The second-order valence-corrected chi connectivity index (χ2v) is 9.42. The monoisotopic (exact) mass is 384 g/mol. The molecule has 0 amide bonds. The van der Waals surface area contributed by atoms with E-state index in [0.29, 0.717) is 24.3 Å². The highest BCUT2D eigenvalue weighted by Gasteiger charge is 2.51. The molecule has 152 valence electrons. The van der Waals surface area contributed by atoms with Gasteiger partial charge in [-0.05, 0) is 80.9 Å². The lowest BCUT2D eigenvalue weighted by Crippen LogP contribution is -2.48. The first-order valence-electron chi connectivity index (χ1n) is 11.0. The highest BCUT2D eigenvalue weighted by Crippen LogP contribution is 2.60. The predicted octanol–water partition coefficient (Wildman–Crippen LogP) is 5.41. The minimum absolute atomic E-state index is 0.209. The number of unbranched alkanes of at least 4 members (excludes halogenated alkanes) is 2. The van der Waals surface area contributed by atoms with Crippen molar-refractivity contribution >= 4 is 11.9 Å². The number of hydrogen-bond donors (Lipinski definition) is 0. The van der Waals surface area contributed by atoms with Gasteiger partial charge in [0.1, 0.15) is 0 Å². The molecule has 0 saturated heterocycles. The predicted molar refractivity (Wildman–Crippen MR) is 107 cm³/mol. The first-order chi connectivity index (χ1) is 13.6. The van der Waals surface area contributed by atoms with Gasteiger partial charge in [-0.1, -0.05) is 25.8 Å². The summed E-state index contributed by atoms with van der Waals surface area (Å²) in [6.07, 6.45) is 10.8. The van der Waals surface area contributed by atoms with Crippen LogP contribution in [0.25, 0.3) is 0 Å². The van der Waals surface area contributed by atoms with Gasteiger partial charge in [0.15, 0.2) is 0 Å². The molecule has 1 aromatic carbocycles. The summed E-state index contributed by atoms with van der Waals surface area (Å²) >= 11 is 0.